The molecule has 2 fully saturated rings. The zero-order valence-corrected chi connectivity index (χ0v) is 13.1. The van der Waals surface area contributed by atoms with Crippen molar-refractivity contribution in [3.05, 3.63) is 23.7 Å². The molecule has 2 heterocycles. The molecule has 0 unspecified atom stereocenters. The molecule has 22 heavy (non-hydrogen) atoms. The number of anilines is 1. The van der Waals surface area contributed by atoms with E-state index in [0.717, 1.165) is 25.8 Å². The standard InChI is InChI=1S/C16H19N3O2S/c20-14(18-16-17-7-9-22-16)12-3-1-2-10-6-8-19(11-4-5-11)15(21)13(10)12/h1-2,7,9-13H,3-6,8H2,(H,17,18,20)/t10-,12-,13+/m1/s1. The molecule has 1 saturated carbocycles. The van der Waals surface area contributed by atoms with Crippen LogP contribution in [0.3, 0.4) is 0 Å². The monoisotopic (exact) mass is 317 g/mol. The van der Waals surface area contributed by atoms with Crippen LogP contribution in [-0.2, 0) is 9.59 Å². The van der Waals surface area contributed by atoms with Crippen LogP contribution in [0.1, 0.15) is 25.7 Å². The first-order chi connectivity index (χ1) is 10.7. The van der Waals surface area contributed by atoms with Crippen molar-refractivity contribution in [3.8, 4) is 0 Å². The number of nitrogens with zero attached hydrogens (tertiary/aromatic N) is 2. The summed E-state index contributed by atoms with van der Waals surface area (Å²) < 4.78 is 0. The molecule has 2 amide bonds. The third-order valence-electron chi connectivity index (χ3n) is 4.93. The van der Waals surface area contributed by atoms with Crippen LogP contribution in [0.25, 0.3) is 0 Å². The Morgan fingerprint density at radius 1 is 1.36 bits per heavy atom. The first-order valence-electron chi connectivity index (χ1n) is 7.91. The minimum absolute atomic E-state index is 0.0692. The zero-order valence-electron chi connectivity index (χ0n) is 12.3. The smallest absolute Gasteiger partial charge is 0.230 e. The number of amides is 2. The van der Waals surface area contributed by atoms with Gasteiger partial charge in [-0.3, -0.25) is 9.59 Å². The molecule has 3 atom stereocenters. The summed E-state index contributed by atoms with van der Waals surface area (Å²) in [5.41, 5.74) is 0. The van der Waals surface area contributed by atoms with Crippen LogP contribution in [0.2, 0.25) is 0 Å². The number of aromatic nitrogens is 1. The van der Waals surface area contributed by atoms with Crippen LogP contribution in [-0.4, -0.2) is 34.3 Å². The Morgan fingerprint density at radius 3 is 2.95 bits per heavy atom. The molecular formula is C16H19N3O2S. The van der Waals surface area contributed by atoms with Crippen molar-refractivity contribution in [2.24, 2.45) is 17.8 Å². The summed E-state index contributed by atoms with van der Waals surface area (Å²) in [6.07, 6.45) is 9.73. The van der Waals surface area contributed by atoms with E-state index in [1.807, 2.05) is 10.3 Å². The lowest BCUT2D eigenvalue weighted by atomic mass is 9.71. The van der Waals surface area contributed by atoms with E-state index in [1.165, 1.54) is 11.3 Å². The van der Waals surface area contributed by atoms with Gasteiger partial charge in [-0.25, -0.2) is 4.98 Å². The fourth-order valence-corrected chi connectivity index (χ4v) is 4.22. The van der Waals surface area contributed by atoms with E-state index >= 15 is 0 Å². The molecule has 1 aliphatic heterocycles. The van der Waals surface area contributed by atoms with Gasteiger partial charge in [-0.05, 0) is 31.6 Å². The minimum atomic E-state index is -0.270. The molecule has 1 aromatic rings. The van der Waals surface area contributed by atoms with Gasteiger partial charge in [-0.2, -0.15) is 0 Å². The molecule has 2 aliphatic carbocycles. The summed E-state index contributed by atoms with van der Waals surface area (Å²) in [6, 6.07) is 0.432. The van der Waals surface area contributed by atoms with Crippen molar-refractivity contribution >= 4 is 28.3 Å². The predicted octanol–water partition coefficient (Wildman–Crippen LogP) is 2.28. The van der Waals surface area contributed by atoms with Gasteiger partial charge in [-0.15, -0.1) is 11.3 Å². The number of rotatable bonds is 3. The van der Waals surface area contributed by atoms with Crippen LogP contribution in [0.4, 0.5) is 5.13 Å². The van der Waals surface area contributed by atoms with E-state index in [2.05, 4.69) is 22.5 Å². The zero-order chi connectivity index (χ0) is 15.1. The lowest BCUT2D eigenvalue weighted by Gasteiger charge is -2.41. The van der Waals surface area contributed by atoms with Gasteiger partial charge >= 0.3 is 0 Å². The molecule has 1 N–H and O–H groups in total. The summed E-state index contributed by atoms with van der Waals surface area (Å²) in [4.78, 5) is 31.6. The SMILES string of the molecule is O=C(Nc1nccs1)[C@@H]1CC=C[C@@H]2CCN(C3CC3)C(=O)[C@@H]21. The van der Waals surface area contributed by atoms with Gasteiger partial charge in [0.2, 0.25) is 11.8 Å². The Kier molecular flexibility index (Phi) is 3.48. The number of hydrogen-bond acceptors (Lipinski definition) is 4. The molecule has 6 heteroatoms. The first-order valence-corrected chi connectivity index (χ1v) is 8.79. The number of fused-ring (bicyclic) bond motifs is 1. The Balaban J connectivity index is 1.54. The van der Waals surface area contributed by atoms with Crippen molar-refractivity contribution in [1.29, 1.82) is 0 Å². The number of allylic oxidation sites excluding steroid dienone is 2. The summed E-state index contributed by atoms with van der Waals surface area (Å²) in [6.45, 7) is 0.843. The second kappa shape index (κ2) is 5.50. The number of hydrogen-bond donors (Lipinski definition) is 1. The Morgan fingerprint density at radius 2 is 2.23 bits per heavy atom. The normalized spacial score (nSPS) is 31.0. The van der Waals surface area contributed by atoms with E-state index in [1.54, 1.807) is 6.20 Å². The first kappa shape index (κ1) is 13.9. The fourth-order valence-electron chi connectivity index (χ4n) is 3.69. The highest BCUT2D eigenvalue weighted by Gasteiger charge is 2.47. The fraction of sp³-hybridized carbons (Fsp3) is 0.562. The predicted molar refractivity (Wildman–Crippen MR) is 84.3 cm³/mol. The Labute approximate surface area is 133 Å². The summed E-state index contributed by atoms with van der Waals surface area (Å²) in [7, 11) is 0. The van der Waals surface area contributed by atoms with Crippen LogP contribution in [0, 0.1) is 17.8 Å². The third-order valence-corrected chi connectivity index (χ3v) is 5.62. The second-order valence-electron chi connectivity index (χ2n) is 6.34. The highest BCUT2D eigenvalue weighted by molar-refractivity contribution is 7.13. The van der Waals surface area contributed by atoms with Gasteiger partial charge in [0, 0.05) is 24.2 Å². The number of carbonyl (C=O) groups excluding carboxylic acids is 2. The number of nitrogens with one attached hydrogen (secondary N) is 1. The summed E-state index contributed by atoms with van der Waals surface area (Å²) in [5, 5.41) is 5.31. The molecule has 5 nitrogen and oxygen atoms in total. The average Bonchev–Trinajstić information content (AvgIpc) is 3.24. The van der Waals surface area contributed by atoms with Gasteiger partial charge in [0.25, 0.3) is 0 Å². The molecule has 1 aromatic heterocycles. The molecular weight excluding hydrogens is 298 g/mol. The molecule has 3 aliphatic rings. The Bertz CT molecular complexity index is 609. The minimum Gasteiger partial charge on any atom is -0.339 e. The second-order valence-corrected chi connectivity index (χ2v) is 7.23. The highest BCUT2D eigenvalue weighted by atomic mass is 32.1. The van der Waals surface area contributed by atoms with E-state index in [0.29, 0.717) is 17.6 Å². The van der Waals surface area contributed by atoms with Gasteiger partial charge < -0.3 is 10.2 Å². The van der Waals surface area contributed by atoms with Gasteiger partial charge in [0.1, 0.15) is 0 Å². The van der Waals surface area contributed by atoms with Gasteiger partial charge in [0.15, 0.2) is 5.13 Å². The number of thiazole rings is 1. The maximum atomic E-state index is 12.9. The van der Waals surface area contributed by atoms with E-state index in [-0.39, 0.29) is 29.6 Å². The van der Waals surface area contributed by atoms with E-state index in [9.17, 15) is 9.59 Å². The van der Waals surface area contributed by atoms with Crippen molar-refractivity contribution in [1.82, 2.24) is 9.88 Å². The average molecular weight is 317 g/mol. The molecule has 116 valence electrons. The largest absolute Gasteiger partial charge is 0.339 e. The number of piperidine rings is 1. The summed E-state index contributed by atoms with van der Waals surface area (Å²) >= 11 is 1.40. The quantitative estimate of drug-likeness (QED) is 0.870. The molecule has 0 aromatic carbocycles. The maximum absolute atomic E-state index is 12.9. The highest BCUT2D eigenvalue weighted by Crippen LogP contribution is 2.41. The molecule has 1 saturated heterocycles. The van der Waals surface area contributed by atoms with E-state index < -0.39 is 0 Å². The maximum Gasteiger partial charge on any atom is 0.230 e. The van der Waals surface area contributed by atoms with Crippen molar-refractivity contribution < 1.29 is 9.59 Å². The van der Waals surface area contributed by atoms with Crippen LogP contribution in [0.15, 0.2) is 23.7 Å². The molecule has 0 bridgehead atoms. The molecule has 0 radical (unpaired) electrons. The van der Waals surface area contributed by atoms with Crippen LogP contribution in [0.5, 0.6) is 0 Å². The van der Waals surface area contributed by atoms with Gasteiger partial charge in [0.05, 0.1) is 11.8 Å². The lowest BCUT2D eigenvalue weighted by molar-refractivity contribution is -0.147. The van der Waals surface area contributed by atoms with Crippen molar-refractivity contribution in [2.45, 2.75) is 31.7 Å². The Hall–Kier alpha value is -1.69. The van der Waals surface area contributed by atoms with Gasteiger partial charge in [-0.1, -0.05) is 12.2 Å². The molecule has 4 rings (SSSR count). The topological polar surface area (TPSA) is 62.3 Å². The summed E-state index contributed by atoms with van der Waals surface area (Å²) in [5.74, 6) is -0.141. The number of carbonyl (C=O) groups is 2. The van der Waals surface area contributed by atoms with Crippen molar-refractivity contribution in [2.75, 3.05) is 11.9 Å². The number of likely N-dealkylation sites (tertiary alicyclic amines) is 1. The van der Waals surface area contributed by atoms with Crippen LogP contribution < -0.4 is 5.32 Å². The third kappa shape index (κ3) is 2.45. The molecule has 0 spiro atoms. The van der Waals surface area contributed by atoms with Crippen LogP contribution >= 0.6 is 11.3 Å². The van der Waals surface area contributed by atoms with Crippen molar-refractivity contribution in [3.63, 3.8) is 0 Å². The lowest BCUT2D eigenvalue weighted by Crippen LogP contribution is -2.51. The van der Waals surface area contributed by atoms with E-state index in [4.69, 9.17) is 0 Å².